The van der Waals surface area contributed by atoms with Crippen molar-refractivity contribution in [1.29, 1.82) is 0 Å². The Morgan fingerprint density at radius 3 is 2.61 bits per heavy atom. The van der Waals surface area contributed by atoms with Gasteiger partial charge in [0, 0.05) is 11.6 Å². The van der Waals surface area contributed by atoms with E-state index in [9.17, 15) is 0 Å². The molecule has 0 bridgehead atoms. The smallest absolute Gasteiger partial charge is 0.395 e. The van der Waals surface area contributed by atoms with Crippen LogP contribution >= 0.6 is 11.3 Å². The molecule has 6 heteroatoms. The molecule has 2 aromatic heterocycles. The van der Waals surface area contributed by atoms with E-state index in [0.717, 1.165) is 16.1 Å². The van der Waals surface area contributed by atoms with Crippen LogP contribution in [0.4, 0.5) is 0 Å². The van der Waals surface area contributed by atoms with Crippen molar-refractivity contribution < 1.29 is 13.9 Å². The second-order valence-corrected chi connectivity index (χ2v) is 7.84. The van der Waals surface area contributed by atoms with Gasteiger partial charge in [-0.25, -0.2) is 4.98 Å². The quantitative estimate of drug-likeness (QED) is 0.387. The predicted molar refractivity (Wildman–Crippen MR) is 111 cm³/mol. The highest BCUT2D eigenvalue weighted by molar-refractivity contribution is 7.13. The fourth-order valence-corrected chi connectivity index (χ4v) is 3.35. The first-order valence-corrected chi connectivity index (χ1v) is 10.2. The number of nitrogens with zero attached hydrogens (tertiary/aromatic N) is 2. The molecule has 0 amide bonds. The largest absolute Gasteiger partial charge is 0.486 e. The van der Waals surface area contributed by atoms with Crippen LogP contribution in [-0.4, -0.2) is 16.1 Å². The highest BCUT2D eigenvalue weighted by Gasteiger charge is 2.20. The third-order valence-corrected chi connectivity index (χ3v) is 5.42. The topological polar surface area (TPSA) is 57.4 Å². The Bertz CT molecular complexity index is 1040. The van der Waals surface area contributed by atoms with E-state index in [-0.39, 0.29) is 12.2 Å². The van der Waals surface area contributed by atoms with Gasteiger partial charge in [-0.1, -0.05) is 44.2 Å². The summed E-state index contributed by atoms with van der Waals surface area (Å²) < 4.78 is 17.9. The van der Waals surface area contributed by atoms with Crippen molar-refractivity contribution in [3.8, 4) is 22.4 Å². The summed E-state index contributed by atoms with van der Waals surface area (Å²) in [5.41, 5.74) is 3.26. The zero-order valence-electron chi connectivity index (χ0n) is 16.1. The first-order valence-electron chi connectivity index (χ1n) is 9.28. The molecule has 2 aromatic carbocycles. The summed E-state index contributed by atoms with van der Waals surface area (Å²) in [6.07, 6.45) is 2.02. The maximum absolute atomic E-state index is 6.05. The number of hydrogen-bond acceptors (Lipinski definition) is 6. The average Bonchev–Trinajstić information content (AvgIpc) is 3.36. The number of hydrogen-bond donors (Lipinski definition) is 0. The second kappa shape index (κ2) is 8.02. The summed E-state index contributed by atoms with van der Waals surface area (Å²) in [7, 11) is 0. The number of oxazole rings is 1. The molecule has 1 atom stereocenters. The first-order chi connectivity index (χ1) is 13.6. The van der Waals surface area contributed by atoms with Crippen molar-refractivity contribution in [1.82, 2.24) is 9.97 Å². The standard InChI is InChI=1S/C22H22N2O3S/c1-14(2)15(3)26-22-24-19-18(25-13-16-7-5-4-6-8-16)10-9-17(20(19)27-22)21-23-11-12-28-21/h4-12,14-15H,13H2,1-3H3. The van der Waals surface area contributed by atoms with E-state index in [1.54, 1.807) is 17.5 Å². The highest BCUT2D eigenvalue weighted by atomic mass is 32.1. The minimum Gasteiger partial charge on any atom is -0.486 e. The monoisotopic (exact) mass is 394 g/mol. The van der Waals surface area contributed by atoms with Crippen LogP contribution in [0.1, 0.15) is 26.3 Å². The molecule has 5 nitrogen and oxygen atoms in total. The van der Waals surface area contributed by atoms with Crippen molar-refractivity contribution in [2.75, 3.05) is 0 Å². The molecular weight excluding hydrogens is 372 g/mol. The Balaban J connectivity index is 1.71. The zero-order valence-corrected chi connectivity index (χ0v) is 16.9. The van der Waals surface area contributed by atoms with Gasteiger partial charge >= 0.3 is 6.08 Å². The van der Waals surface area contributed by atoms with Crippen LogP contribution in [0.3, 0.4) is 0 Å². The van der Waals surface area contributed by atoms with Crippen molar-refractivity contribution in [2.45, 2.75) is 33.5 Å². The molecule has 0 saturated heterocycles. The van der Waals surface area contributed by atoms with E-state index in [0.29, 0.717) is 29.4 Å². The van der Waals surface area contributed by atoms with Crippen LogP contribution in [0.5, 0.6) is 11.8 Å². The Morgan fingerprint density at radius 1 is 1.07 bits per heavy atom. The van der Waals surface area contributed by atoms with Crippen LogP contribution in [0, 0.1) is 5.92 Å². The van der Waals surface area contributed by atoms with Gasteiger partial charge in [-0.15, -0.1) is 11.3 Å². The van der Waals surface area contributed by atoms with E-state index in [1.807, 2.05) is 54.8 Å². The molecule has 0 spiro atoms. The van der Waals surface area contributed by atoms with Crippen LogP contribution in [0.15, 0.2) is 58.5 Å². The molecule has 28 heavy (non-hydrogen) atoms. The number of thiazole rings is 1. The van der Waals surface area contributed by atoms with Crippen molar-refractivity contribution in [3.05, 3.63) is 59.6 Å². The van der Waals surface area contributed by atoms with Crippen LogP contribution < -0.4 is 9.47 Å². The van der Waals surface area contributed by atoms with Gasteiger partial charge in [-0.05, 0) is 30.5 Å². The molecule has 0 aliphatic heterocycles. The second-order valence-electron chi connectivity index (χ2n) is 6.95. The Morgan fingerprint density at radius 2 is 1.89 bits per heavy atom. The maximum atomic E-state index is 6.05. The van der Waals surface area contributed by atoms with E-state index in [1.165, 1.54) is 0 Å². The summed E-state index contributed by atoms with van der Waals surface area (Å²) >= 11 is 1.55. The molecule has 0 saturated carbocycles. The zero-order chi connectivity index (χ0) is 19.5. The molecule has 0 radical (unpaired) electrons. The van der Waals surface area contributed by atoms with E-state index in [2.05, 4.69) is 23.8 Å². The predicted octanol–water partition coefficient (Wildman–Crippen LogP) is 5.95. The number of benzene rings is 2. The molecule has 0 fully saturated rings. The number of rotatable bonds is 7. The maximum Gasteiger partial charge on any atom is 0.395 e. The minimum absolute atomic E-state index is 0.00920. The Kier molecular flexibility index (Phi) is 5.30. The summed E-state index contributed by atoms with van der Waals surface area (Å²) in [6, 6.07) is 13.9. The SMILES string of the molecule is CC(C)C(C)Oc1nc2c(OCc3ccccc3)ccc(-c3nccs3)c2o1. The lowest BCUT2D eigenvalue weighted by atomic mass is 10.1. The normalized spacial score (nSPS) is 12.4. The van der Waals surface area contributed by atoms with Gasteiger partial charge in [0.25, 0.3) is 0 Å². The number of fused-ring (bicyclic) bond motifs is 1. The third-order valence-electron chi connectivity index (χ3n) is 4.61. The van der Waals surface area contributed by atoms with Crippen LogP contribution in [0.2, 0.25) is 0 Å². The van der Waals surface area contributed by atoms with Crippen LogP contribution in [0.25, 0.3) is 21.7 Å². The summed E-state index contributed by atoms with van der Waals surface area (Å²) in [5.74, 6) is 1.01. The summed E-state index contributed by atoms with van der Waals surface area (Å²) in [4.78, 5) is 8.99. The van der Waals surface area contributed by atoms with Crippen LogP contribution in [-0.2, 0) is 6.61 Å². The number of ether oxygens (including phenoxy) is 2. The lowest BCUT2D eigenvalue weighted by Gasteiger charge is -2.14. The lowest BCUT2D eigenvalue weighted by Crippen LogP contribution is -2.18. The van der Waals surface area contributed by atoms with Gasteiger partial charge in [0.2, 0.25) is 0 Å². The summed E-state index contributed by atoms with van der Waals surface area (Å²) in [5, 5.41) is 2.81. The molecule has 0 aliphatic rings. The molecule has 0 aliphatic carbocycles. The van der Waals surface area contributed by atoms with E-state index < -0.39 is 0 Å². The third kappa shape index (κ3) is 3.87. The van der Waals surface area contributed by atoms with Crippen molar-refractivity contribution in [2.24, 2.45) is 5.92 Å². The van der Waals surface area contributed by atoms with Gasteiger partial charge in [0.1, 0.15) is 23.5 Å². The van der Waals surface area contributed by atoms with Gasteiger partial charge in [0.15, 0.2) is 11.1 Å². The van der Waals surface area contributed by atoms with Crippen molar-refractivity contribution in [3.63, 3.8) is 0 Å². The van der Waals surface area contributed by atoms with E-state index >= 15 is 0 Å². The number of aromatic nitrogens is 2. The van der Waals surface area contributed by atoms with Gasteiger partial charge in [0.05, 0.1) is 5.56 Å². The van der Waals surface area contributed by atoms with E-state index in [4.69, 9.17) is 13.9 Å². The fourth-order valence-electron chi connectivity index (χ4n) is 2.69. The van der Waals surface area contributed by atoms with Crippen molar-refractivity contribution >= 4 is 22.4 Å². The fraction of sp³-hybridized carbons (Fsp3) is 0.273. The molecule has 1 unspecified atom stereocenters. The molecule has 4 aromatic rings. The molecule has 4 rings (SSSR count). The molecule has 2 heterocycles. The Labute approximate surface area is 168 Å². The molecule has 0 N–H and O–H groups in total. The average molecular weight is 394 g/mol. The van der Waals surface area contributed by atoms with Gasteiger partial charge in [-0.3, -0.25) is 0 Å². The minimum atomic E-state index is -0.00920. The molecular formula is C22H22N2O3S. The van der Waals surface area contributed by atoms with Gasteiger partial charge in [-0.2, -0.15) is 4.98 Å². The summed E-state index contributed by atoms with van der Waals surface area (Å²) in [6.45, 7) is 6.66. The first kappa shape index (κ1) is 18.5. The molecule has 144 valence electrons. The van der Waals surface area contributed by atoms with Gasteiger partial charge < -0.3 is 13.9 Å². The Hall–Kier alpha value is -2.86. The highest BCUT2D eigenvalue weighted by Crippen LogP contribution is 2.38. The lowest BCUT2D eigenvalue weighted by molar-refractivity contribution is 0.126.